The number of hydrogen-bond acceptors (Lipinski definition) is 5. The fourth-order valence-corrected chi connectivity index (χ4v) is 4.23. The Bertz CT molecular complexity index is 866. The molecule has 1 aromatic carbocycles. The highest BCUT2D eigenvalue weighted by Gasteiger charge is 2.38. The van der Waals surface area contributed by atoms with Gasteiger partial charge in [-0.2, -0.15) is 0 Å². The molecule has 3 amide bonds. The van der Waals surface area contributed by atoms with Gasteiger partial charge in [-0.05, 0) is 45.6 Å². The summed E-state index contributed by atoms with van der Waals surface area (Å²) >= 11 is 0. The third-order valence-electron chi connectivity index (χ3n) is 6.26. The number of nitrogens with one attached hydrogen (secondary N) is 2. The van der Waals surface area contributed by atoms with Crippen molar-refractivity contribution in [1.82, 2.24) is 15.5 Å². The fourth-order valence-electron chi connectivity index (χ4n) is 4.23. The Labute approximate surface area is 229 Å². The van der Waals surface area contributed by atoms with Gasteiger partial charge < -0.3 is 25.4 Å². The molecule has 0 saturated carbocycles. The number of benzene rings is 1. The van der Waals surface area contributed by atoms with Gasteiger partial charge in [0, 0.05) is 18.7 Å². The highest BCUT2D eigenvalue weighted by molar-refractivity contribution is 5.92. The summed E-state index contributed by atoms with van der Waals surface area (Å²) in [7, 11) is 0. The second-order valence-corrected chi connectivity index (χ2v) is 11.3. The monoisotopic (exact) mass is 533 g/mol. The molecule has 0 aliphatic heterocycles. The number of unbranched alkanes of at least 4 members (excludes halogenated alkanes) is 6. The van der Waals surface area contributed by atoms with E-state index in [0.717, 1.165) is 44.9 Å². The van der Waals surface area contributed by atoms with Gasteiger partial charge >= 0.3 is 6.09 Å². The van der Waals surface area contributed by atoms with Crippen molar-refractivity contribution in [3.05, 3.63) is 29.8 Å². The molecule has 2 atom stereocenters. The van der Waals surface area contributed by atoms with E-state index in [2.05, 4.69) is 24.5 Å². The van der Waals surface area contributed by atoms with E-state index in [1.54, 1.807) is 39.0 Å². The average Bonchev–Trinajstić information content (AvgIpc) is 2.83. The summed E-state index contributed by atoms with van der Waals surface area (Å²) in [5.41, 5.74) is -0.355. The zero-order valence-corrected chi connectivity index (χ0v) is 24.6. The molecule has 8 nitrogen and oxygen atoms in total. The van der Waals surface area contributed by atoms with Gasteiger partial charge in [-0.1, -0.05) is 84.4 Å². The first-order chi connectivity index (χ1) is 17.9. The first-order valence-electron chi connectivity index (χ1n) is 14.3. The summed E-state index contributed by atoms with van der Waals surface area (Å²) in [5.74, 6) is -1.02. The first kappa shape index (κ1) is 33.3. The van der Waals surface area contributed by atoms with Gasteiger partial charge in [0.15, 0.2) is 0 Å². The molecule has 216 valence electrons. The lowest BCUT2D eigenvalue weighted by atomic mass is 9.97. The zero-order chi connectivity index (χ0) is 28.7. The lowest BCUT2D eigenvalue weighted by molar-refractivity contribution is -0.143. The summed E-state index contributed by atoms with van der Waals surface area (Å²) in [4.78, 5) is 41.9. The van der Waals surface area contributed by atoms with E-state index in [1.165, 1.54) is 11.0 Å². The summed E-state index contributed by atoms with van der Waals surface area (Å²) < 4.78 is 5.42. The Hall–Kier alpha value is -2.77. The van der Waals surface area contributed by atoms with Crippen molar-refractivity contribution in [3.63, 3.8) is 0 Å². The molecule has 0 aliphatic rings. The molecule has 0 aromatic heterocycles. The van der Waals surface area contributed by atoms with E-state index in [4.69, 9.17) is 4.74 Å². The van der Waals surface area contributed by atoms with Crippen molar-refractivity contribution >= 4 is 17.9 Å². The predicted molar refractivity (Wildman–Crippen MR) is 152 cm³/mol. The number of hydrogen-bond donors (Lipinski definition) is 3. The minimum Gasteiger partial charge on any atom is -0.508 e. The third kappa shape index (κ3) is 11.7. The van der Waals surface area contributed by atoms with Gasteiger partial charge in [-0.15, -0.1) is 0 Å². The van der Waals surface area contributed by atoms with Crippen LogP contribution in [0.15, 0.2) is 24.3 Å². The van der Waals surface area contributed by atoms with E-state index in [-0.39, 0.29) is 23.5 Å². The van der Waals surface area contributed by atoms with Gasteiger partial charge in [-0.25, -0.2) is 4.79 Å². The fraction of sp³-hybridized carbons (Fsp3) is 0.700. The standard InChI is InChI=1S/C30H51N3O5/c1-8-10-12-13-17-21-33(28(36)25(22(3)4)32-29(37)38-30(5,6)7)26(23-18-14-15-19-24(23)34)27(35)31-20-16-11-9-2/h14-15,18-19,22,25-26,34H,8-13,16-17,20-21H2,1-7H3,(H,31,35)(H,32,37). The molecule has 0 heterocycles. The molecule has 2 unspecified atom stereocenters. The largest absolute Gasteiger partial charge is 0.508 e. The predicted octanol–water partition coefficient (Wildman–Crippen LogP) is 6.09. The van der Waals surface area contributed by atoms with Gasteiger partial charge in [0.05, 0.1) is 0 Å². The van der Waals surface area contributed by atoms with Crippen molar-refractivity contribution in [1.29, 1.82) is 0 Å². The SMILES string of the molecule is CCCCCCCN(C(=O)C(NC(=O)OC(C)(C)C)C(C)C)C(C(=O)NCCCCC)c1ccccc1O. The van der Waals surface area contributed by atoms with Crippen molar-refractivity contribution in [2.75, 3.05) is 13.1 Å². The van der Waals surface area contributed by atoms with E-state index in [9.17, 15) is 19.5 Å². The number of phenolic OH excluding ortho intramolecular Hbond substituents is 1. The maximum atomic E-state index is 14.1. The topological polar surface area (TPSA) is 108 Å². The Morgan fingerprint density at radius 1 is 0.947 bits per heavy atom. The van der Waals surface area contributed by atoms with Crippen LogP contribution < -0.4 is 10.6 Å². The summed E-state index contributed by atoms with van der Waals surface area (Å²) in [6.07, 6.45) is 7.00. The number of carbonyl (C=O) groups excluding carboxylic acids is 3. The minimum absolute atomic E-state index is 0.0498. The molecule has 8 heteroatoms. The molecule has 1 rings (SSSR count). The summed E-state index contributed by atoms with van der Waals surface area (Å²) in [6, 6.07) is 4.70. The molecule has 0 saturated heterocycles. The summed E-state index contributed by atoms with van der Waals surface area (Å²) in [6.45, 7) is 14.0. The maximum absolute atomic E-state index is 14.1. The number of rotatable bonds is 16. The number of ether oxygens (including phenoxy) is 1. The molecule has 0 radical (unpaired) electrons. The van der Waals surface area contributed by atoms with Crippen molar-refractivity contribution < 1.29 is 24.2 Å². The van der Waals surface area contributed by atoms with E-state index >= 15 is 0 Å². The molecule has 0 spiro atoms. The van der Waals surface area contributed by atoms with Crippen molar-refractivity contribution in [2.45, 2.75) is 118 Å². The number of nitrogens with zero attached hydrogens (tertiary/aromatic N) is 1. The quantitative estimate of drug-likeness (QED) is 0.223. The maximum Gasteiger partial charge on any atom is 0.408 e. The van der Waals surface area contributed by atoms with Gasteiger partial charge in [0.25, 0.3) is 0 Å². The van der Waals surface area contributed by atoms with Gasteiger partial charge in [0.2, 0.25) is 11.8 Å². The second kappa shape index (κ2) is 16.9. The van der Waals surface area contributed by atoms with Gasteiger partial charge in [0.1, 0.15) is 23.4 Å². The molecule has 3 N–H and O–H groups in total. The van der Waals surface area contributed by atoms with Crippen LogP contribution in [0, 0.1) is 5.92 Å². The normalized spacial score (nSPS) is 13.1. The van der Waals surface area contributed by atoms with Crippen LogP contribution in [0.25, 0.3) is 0 Å². The molecule has 0 fully saturated rings. The number of phenols is 1. The Balaban J connectivity index is 3.40. The molecular weight excluding hydrogens is 482 g/mol. The number of alkyl carbamates (subject to hydrolysis) is 1. The number of aromatic hydroxyl groups is 1. The lowest BCUT2D eigenvalue weighted by Crippen LogP contribution is -2.55. The smallest absolute Gasteiger partial charge is 0.408 e. The Morgan fingerprint density at radius 3 is 2.13 bits per heavy atom. The van der Waals surface area contributed by atoms with E-state index in [1.807, 2.05) is 13.8 Å². The van der Waals surface area contributed by atoms with Crippen LogP contribution in [0.1, 0.15) is 111 Å². The molecule has 0 aliphatic carbocycles. The van der Waals surface area contributed by atoms with Crippen LogP contribution >= 0.6 is 0 Å². The number of carbonyl (C=O) groups is 3. The number of para-hydroxylation sites is 1. The average molecular weight is 534 g/mol. The van der Waals surface area contributed by atoms with E-state index < -0.39 is 23.8 Å². The molecular formula is C30H51N3O5. The number of amides is 3. The van der Waals surface area contributed by atoms with Crippen LogP contribution in [0.5, 0.6) is 5.75 Å². The Kier molecular flexibility index (Phi) is 14.8. The van der Waals surface area contributed by atoms with Crippen molar-refractivity contribution in [3.8, 4) is 5.75 Å². The molecule has 38 heavy (non-hydrogen) atoms. The highest BCUT2D eigenvalue weighted by atomic mass is 16.6. The highest BCUT2D eigenvalue weighted by Crippen LogP contribution is 2.30. The van der Waals surface area contributed by atoms with E-state index in [0.29, 0.717) is 25.1 Å². The van der Waals surface area contributed by atoms with Crippen LogP contribution in [0.2, 0.25) is 0 Å². The zero-order valence-electron chi connectivity index (χ0n) is 24.6. The van der Waals surface area contributed by atoms with Crippen LogP contribution in [-0.4, -0.2) is 52.6 Å². The van der Waals surface area contributed by atoms with Crippen LogP contribution in [0.3, 0.4) is 0 Å². The minimum atomic E-state index is -1.03. The summed E-state index contributed by atoms with van der Waals surface area (Å²) in [5, 5.41) is 16.4. The first-order valence-corrected chi connectivity index (χ1v) is 14.3. The molecule has 1 aromatic rings. The van der Waals surface area contributed by atoms with Crippen molar-refractivity contribution in [2.24, 2.45) is 5.92 Å². The van der Waals surface area contributed by atoms with Crippen LogP contribution in [0.4, 0.5) is 4.79 Å². The third-order valence-corrected chi connectivity index (χ3v) is 6.26. The second-order valence-electron chi connectivity index (χ2n) is 11.3. The van der Waals surface area contributed by atoms with Gasteiger partial charge in [-0.3, -0.25) is 9.59 Å². The molecule has 0 bridgehead atoms. The Morgan fingerprint density at radius 2 is 1.55 bits per heavy atom. The lowest BCUT2D eigenvalue weighted by Gasteiger charge is -2.36. The van der Waals surface area contributed by atoms with Crippen LogP contribution in [-0.2, 0) is 14.3 Å².